The molecule has 1 rings (SSSR count). The van der Waals surface area contributed by atoms with Gasteiger partial charge in [0.15, 0.2) is 0 Å². The number of benzene rings is 1. The zero-order chi connectivity index (χ0) is 18.3. The molecule has 1 aromatic carbocycles. The molecule has 0 aliphatic carbocycles. The third-order valence-electron chi connectivity index (χ3n) is 3.43. The van der Waals surface area contributed by atoms with Gasteiger partial charge < -0.3 is 10.5 Å². The molecule has 2 atom stereocenters. The van der Waals surface area contributed by atoms with Gasteiger partial charge in [0.05, 0.1) is 6.04 Å². The van der Waals surface area contributed by atoms with Gasteiger partial charge in [-0.1, -0.05) is 44.2 Å². The van der Waals surface area contributed by atoms with Crippen LogP contribution in [-0.4, -0.2) is 29.6 Å². The summed E-state index contributed by atoms with van der Waals surface area (Å²) in [4.78, 5) is 24.3. The van der Waals surface area contributed by atoms with Crippen molar-refractivity contribution in [2.24, 2.45) is 11.7 Å². The summed E-state index contributed by atoms with van der Waals surface area (Å²) < 4.78 is 5.50. The second kappa shape index (κ2) is 8.83. The normalized spacial score (nSPS) is 14.2. The van der Waals surface area contributed by atoms with Gasteiger partial charge in [0, 0.05) is 0 Å². The van der Waals surface area contributed by atoms with Gasteiger partial charge in [-0.2, -0.15) is 0 Å². The van der Waals surface area contributed by atoms with Crippen molar-refractivity contribution in [1.82, 2.24) is 5.32 Å². The molecule has 0 saturated carbocycles. The molecule has 0 heterocycles. The largest absolute Gasteiger partial charge is 0.459 e. The molecule has 0 bridgehead atoms. The Morgan fingerprint density at radius 3 is 2.17 bits per heavy atom. The average Bonchev–Trinajstić information content (AvgIpc) is 2.44. The summed E-state index contributed by atoms with van der Waals surface area (Å²) in [6, 6.07) is 8.46. The molecule has 0 saturated heterocycles. The van der Waals surface area contributed by atoms with Crippen molar-refractivity contribution < 1.29 is 14.3 Å². The SMILES string of the molecule is CC(C)C[C@H](N[C@@H](Cc1ccccc1)C(=O)OC(C)(C)C)C(N)=O. The van der Waals surface area contributed by atoms with E-state index in [2.05, 4.69) is 5.32 Å². The predicted octanol–water partition coefficient (Wildman–Crippen LogP) is 2.43. The highest BCUT2D eigenvalue weighted by Gasteiger charge is 2.29. The minimum absolute atomic E-state index is 0.283. The van der Waals surface area contributed by atoms with Crippen LogP contribution in [0, 0.1) is 5.92 Å². The van der Waals surface area contributed by atoms with Gasteiger partial charge in [-0.15, -0.1) is 0 Å². The molecule has 0 aliphatic rings. The lowest BCUT2D eigenvalue weighted by Crippen LogP contribution is -2.52. The van der Waals surface area contributed by atoms with Crippen molar-refractivity contribution >= 4 is 11.9 Å². The lowest BCUT2D eigenvalue weighted by atomic mass is 10.00. The van der Waals surface area contributed by atoms with E-state index >= 15 is 0 Å². The fourth-order valence-electron chi connectivity index (χ4n) is 2.41. The van der Waals surface area contributed by atoms with Crippen molar-refractivity contribution in [3.8, 4) is 0 Å². The van der Waals surface area contributed by atoms with Crippen LogP contribution in [0.25, 0.3) is 0 Å². The third-order valence-corrected chi connectivity index (χ3v) is 3.43. The zero-order valence-electron chi connectivity index (χ0n) is 15.3. The van der Waals surface area contributed by atoms with Crippen molar-refractivity contribution in [3.63, 3.8) is 0 Å². The maximum Gasteiger partial charge on any atom is 0.324 e. The molecular weight excluding hydrogens is 304 g/mol. The molecule has 0 fully saturated rings. The van der Waals surface area contributed by atoms with Gasteiger partial charge >= 0.3 is 5.97 Å². The van der Waals surface area contributed by atoms with E-state index in [4.69, 9.17) is 10.5 Å². The van der Waals surface area contributed by atoms with Crippen LogP contribution in [0.4, 0.5) is 0 Å². The highest BCUT2D eigenvalue weighted by atomic mass is 16.6. The van der Waals surface area contributed by atoms with E-state index in [0.29, 0.717) is 12.8 Å². The topological polar surface area (TPSA) is 81.4 Å². The van der Waals surface area contributed by atoms with E-state index in [1.54, 1.807) is 0 Å². The molecule has 0 aromatic heterocycles. The van der Waals surface area contributed by atoms with Crippen LogP contribution in [0.1, 0.15) is 46.6 Å². The lowest BCUT2D eigenvalue weighted by molar-refractivity contribution is -0.157. The van der Waals surface area contributed by atoms with Crippen molar-refractivity contribution in [2.45, 2.75) is 65.1 Å². The summed E-state index contributed by atoms with van der Waals surface area (Å²) in [6.45, 7) is 9.49. The van der Waals surface area contributed by atoms with Gasteiger partial charge in [0.1, 0.15) is 11.6 Å². The third kappa shape index (κ3) is 7.59. The quantitative estimate of drug-likeness (QED) is 0.715. The van der Waals surface area contributed by atoms with E-state index < -0.39 is 23.6 Å². The summed E-state index contributed by atoms with van der Waals surface area (Å²) in [5, 5.41) is 3.11. The molecule has 0 radical (unpaired) electrons. The predicted molar refractivity (Wildman–Crippen MR) is 95.4 cm³/mol. The summed E-state index contributed by atoms with van der Waals surface area (Å²) in [5.74, 6) is -0.544. The van der Waals surface area contributed by atoms with Crippen LogP contribution in [-0.2, 0) is 20.7 Å². The minimum Gasteiger partial charge on any atom is -0.459 e. The summed E-state index contributed by atoms with van der Waals surface area (Å²) >= 11 is 0. The number of hydrogen-bond donors (Lipinski definition) is 2. The number of carbonyl (C=O) groups is 2. The number of ether oxygens (including phenoxy) is 1. The van der Waals surface area contributed by atoms with Crippen molar-refractivity contribution in [3.05, 3.63) is 35.9 Å². The molecule has 0 spiro atoms. The molecular formula is C19H30N2O3. The first-order valence-electron chi connectivity index (χ1n) is 8.40. The number of nitrogens with one attached hydrogen (secondary N) is 1. The molecule has 3 N–H and O–H groups in total. The maximum absolute atomic E-state index is 12.6. The standard InChI is InChI=1S/C19H30N2O3/c1-13(2)11-15(17(20)22)21-16(18(23)24-19(3,4)5)12-14-9-7-6-8-10-14/h6-10,13,15-16,21H,11-12H2,1-5H3,(H2,20,22)/t15-,16-/m0/s1. The summed E-state index contributed by atoms with van der Waals surface area (Å²) in [7, 11) is 0. The number of carbonyl (C=O) groups excluding carboxylic acids is 2. The van der Waals surface area contributed by atoms with E-state index in [1.165, 1.54) is 0 Å². The van der Waals surface area contributed by atoms with E-state index in [0.717, 1.165) is 5.56 Å². The monoisotopic (exact) mass is 334 g/mol. The number of hydrogen-bond acceptors (Lipinski definition) is 4. The second-order valence-electron chi connectivity index (χ2n) is 7.53. The number of amides is 1. The number of primary amides is 1. The first kappa shape index (κ1) is 20.2. The van der Waals surface area contributed by atoms with Crippen LogP contribution in [0.2, 0.25) is 0 Å². The minimum atomic E-state index is -0.622. The summed E-state index contributed by atoms with van der Waals surface area (Å²) in [6.07, 6.45) is 1.01. The first-order chi connectivity index (χ1) is 11.1. The van der Waals surface area contributed by atoms with Crippen LogP contribution < -0.4 is 11.1 Å². The number of nitrogens with two attached hydrogens (primary N) is 1. The molecule has 5 nitrogen and oxygen atoms in total. The lowest BCUT2D eigenvalue weighted by Gasteiger charge is -2.27. The molecule has 1 amide bonds. The van der Waals surface area contributed by atoms with Crippen LogP contribution >= 0.6 is 0 Å². The Bertz CT molecular complexity index is 535. The highest BCUT2D eigenvalue weighted by Crippen LogP contribution is 2.13. The Kier molecular flexibility index (Phi) is 7.42. The van der Waals surface area contributed by atoms with Gasteiger partial charge in [0.25, 0.3) is 0 Å². The number of esters is 1. The molecule has 134 valence electrons. The average molecular weight is 334 g/mol. The van der Waals surface area contributed by atoms with E-state index in [1.807, 2.05) is 65.0 Å². The molecule has 1 aromatic rings. The van der Waals surface area contributed by atoms with E-state index in [9.17, 15) is 9.59 Å². The second-order valence-corrected chi connectivity index (χ2v) is 7.53. The van der Waals surface area contributed by atoms with Crippen LogP contribution in [0.3, 0.4) is 0 Å². The molecule has 5 heteroatoms. The Hall–Kier alpha value is -1.88. The van der Waals surface area contributed by atoms with E-state index in [-0.39, 0.29) is 11.9 Å². The van der Waals surface area contributed by atoms with Gasteiger partial charge in [-0.25, -0.2) is 0 Å². The van der Waals surface area contributed by atoms with Crippen molar-refractivity contribution in [1.29, 1.82) is 0 Å². The fraction of sp³-hybridized carbons (Fsp3) is 0.579. The first-order valence-corrected chi connectivity index (χ1v) is 8.40. The molecule has 0 unspecified atom stereocenters. The Morgan fingerprint density at radius 1 is 1.12 bits per heavy atom. The molecule has 24 heavy (non-hydrogen) atoms. The van der Waals surface area contributed by atoms with Crippen LogP contribution in [0.15, 0.2) is 30.3 Å². The molecule has 0 aliphatic heterocycles. The van der Waals surface area contributed by atoms with Crippen molar-refractivity contribution in [2.75, 3.05) is 0 Å². The number of rotatable bonds is 8. The van der Waals surface area contributed by atoms with Gasteiger partial charge in [-0.3, -0.25) is 14.9 Å². The Morgan fingerprint density at radius 2 is 1.71 bits per heavy atom. The maximum atomic E-state index is 12.6. The van der Waals surface area contributed by atoms with Crippen LogP contribution in [0.5, 0.6) is 0 Å². The Labute approximate surface area is 145 Å². The smallest absolute Gasteiger partial charge is 0.324 e. The van der Waals surface area contributed by atoms with Gasteiger partial charge in [0.2, 0.25) is 5.91 Å². The van der Waals surface area contributed by atoms with Gasteiger partial charge in [-0.05, 0) is 45.1 Å². The fourth-order valence-corrected chi connectivity index (χ4v) is 2.41. The Balaban J connectivity index is 2.94. The highest BCUT2D eigenvalue weighted by molar-refractivity contribution is 5.82. The summed E-state index contributed by atoms with van der Waals surface area (Å²) in [5.41, 5.74) is 5.91. The zero-order valence-corrected chi connectivity index (χ0v) is 15.3.